The molecule has 0 amide bonds. The molecule has 0 spiro atoms. The highest BCUT2D eigenvalue weighted by Crippen LogP contribution is 2.34. The SMILES string of the molecule is C[C@H]1O[C@H](O[Si](C)(C)C)[C@@H](O[Si](C)(C)C)[C@@H](O[Si](C)(C)C)[C@@H]1O[Si](C)(C)C. The Morgan fingerprint density at radius 3 is 1.19 bits per heavy atom. The molecule has 27 heavy (non-hydrogen) atoms. The normalized spacial score (nSPS) is 31.2. The van der Waals surface area contributed by atoms with Crippen molar-refractivity contribution < 1.29 is 22.4 Å². The first-order valence-corrected chi connectivity index (χ1v) is 23.8. The fourth-order valence-electron chi connectivity index (χ4n) is 3.06. The highest BCUT2D eigenvalue weighted by atomic mass is 28.4. The molecule has 5 atom stereocenters. The van der Waals surface area contributed by atoms with Gasteiger partial charge in [-0.2, -0.15) is 0 Å². The zero-order valence-corrected chi connectivity index (χ0v) is 23.9. The molecule has 0 aromatic carbocycles. The van der Waals surface area contributed by atoms with E-state index in [1.54, 1.807) is 0 Å². The summed E-state index contributed by atoms with van der Waals surface area (Å²) in [7, 11) is -7.26. The Bertz CT molecular complexity index is 476. The van der Waals surface area contributed by atoms with E-state index in [0.29, 0.717) is 0 Å². The van der Waals surface area contributed by atoms with Crippen molar-refractivity contribution >= 4 is 33.3 Å². The lowest BCUT2D eigenvalue weighted by atomic mass is 10.0. The first-order valence-electron chi connectivity index (χ1n) is 10.1. The molecule has 9 heteroatoms. The zero-order valence-electron chi connectivity index (χ0n) is 19.9. The maximum Gasteiger partial charge on any atom is 0.187 e. The predicted molar refractivity (Wildman–Crippen MR) is 123 cm³/mol. The molecule has 0 bridgehead atoms. The lowest BCUT2D eigenvalue weighted by Gasteiger charge is -2.51. The molecule has 1 aliphatic heterocycles. The Labute approximate surface area is 172 Å². The minimum atomic E-state index is -1.84. The van der Waals surface area contributed by atoms with Gasteiger partial charge in [0.2, 0.25) is 0 Å². The van der Waals surface area contributed by atoms with Crippen LogP contribution in [0, 0.1) is 0 Å². The summed E-state index contributed by atoms with van der Waals surface area (Å²) in [5, 5.41) is 0. The second-order valence-corrected chi connectivity index (χ2v) is 29.4. The largest absolute Gasteiger partial charge is 0.409 e. The van der Waals surface area contributed by atoms with Crippen LogP contribution in [0.5, 0.6) is 0 Å². The molecule has 0 saturated carbocycles. The van der Waals surface area contributed by atoms with E-state index in [9.17, 15) is 0 Å². The molecular formula is C18H44O5Si4. The summed E-state index contributed by atoms with van der Waals surface area (Å²) in [6, 6.07) is 0. The van der Waals surface area contributed by atoms with E-state index in [0.717, 1.165) is 0 Å². The lowest BCUT2D eigenvalue weighted by molar-refractivity contribution is -0.259. The maximum absolute atomic E-state index is 6.70. The molecule has 1 heterocycles. The van der Waals surface area contributed by atoms with Crippen molar-refractivity contribution in [3.63, 3.8) is 0 Å². The van der Waals surface area contributed by atoms with E-state index >= 15 is 0 Å². The summed E-state index contributed by atoms with van der Waals surface area (Å²) in [5.74, 6) is 0. The van der Waals surface area contributed by atoms with Gasteiger partial charge in [0.1, 0.15) is 12.2 Å². The maximum atomic E-state index is 6.70. The molecule has 1 aliphatic rings. The van der Waals surface area contributed by atoms with E-state index in [4.69, 9.17) is 22.4 Å². The smallest absolute Gasteiger partial charge is 0.187 e. The van der Waals surface area contributed by atoms with Gasteiger partial charge < -0.3 is 22.4 Å². The van der Waals surface area contributed by atoms with Crippen LogP contribution in [0.2, 0.25) is 78.6 Å². The molecule has 0 aliphatic carbocycles. The second-order valence-electron chi connectivity index (χ2n) is 11.5. The molecule has 0 radical (unpaired) electrons. The quantitative estimate of drug-likeness (QED) is 0.471. The van der Waals surface area contributed by atoms with Gasteiger partial charge in [-0.1, -0.05) is 0 Å². The van der Waals surface area contributed by atoms with Crippen LogP contribution in [0.25, 0.3) is 0 Å². The second kappa shape index (κ2) is 8.81. The van der Waals surface area contributed by atoms with Crippen LogP contribution in [0.3, 0.4) is 0 Å². The summed E-state index contributed by atoms with van der Waals surface area (Å²) in [6.07, 6.45) is -1.05. The minimum absolute atomic E-state index is 0.0964. The van der Waals surface area contributed by atoms with E-state index in [-0.39, 0.29) is 24.4 Å². The monoisotopic (exact) mass is 452 g/mol. The van der Waals surface area contributed by atoms with Crippen LogP contribution in [0.15, 0.2) is 0 Å². The highest BCUT2D eigenvalue weighted by molar-refractivity contribution is 6.71. The van der Waals surface area contributed by atoms with Crippen LogP contribution in [-0.4, -0.2) is 64.0 Å². The van der Waals surface area contributed by atoms with Crippen LogP contribution >= 0.6 is 0 Å². The van der Waals surface area contributed by atoms with Crippen molar-refractivity contribution in [2.24, 2.45) is 0 Å². The molecule has 1 saturated heterocycles. The fraction of sp³-hybridized carbons (Fsp3) is 1.00. The van der Waals surface area contributed by atoms with E-state index < -0.39 is 39.6 Å². The fourth-order valence-corrected chi connectivity index (χ4v) is 7.24. The van der Waals surface area contributed by atoms with Gasteiger partial charge in [-0.3, -0.25) is 0 Å². The highest BCUT2D eigenvalue weighted by Gasteiger charge is 2.51. The van der Waals surface area contributed by atoms with Crippen LogP contribution in [0.1, 0.15) is 6.92 Å². The van der Waals surface area contributed by atoms with Crippen LogP contribution in [0.4, 0.5) is 0 Å². The van der Waals surface area contributed by atoms with Crippen molar-refractivity contribution in [3.05, 3.63) is 0 Å². The van der Waals surface area contributed by atoms with Gasteiger partial charge in [0, 0.05) is 0 Å². The van der Waals surface area contributed by atoms with Crippen molar-refractivity contribution in [3.8, 4) is 0 Å². The first-order chi connectivity index (χ1) is 11.8. The average molecular weight is 453 g/mol. The molecule has 0 unspecified atom stereocenters. The third-order valence-corrected chi connectivity index (χ3v) is 7.54. The zero-order chi connectivity index (χ0) is 21.4. The van der Waals surface area contributed by atoms with Gasteiger partial charge in [-0.25, -0.2) is 0 Å². The summed E-state index contributed by atoms with van der Waals surface area (Å²) < 4.78 is 32.7. The molecule has 5 nitrogen and oxygen atoms in total. The summed E-state index contributed by atoms with van der Waals surface area (Å²) >= 11 is 0. The number of rotatable bonds is 8. The number of hydrogen-bond acceptors (Lipinski definition) is 5. The molecule has 0 N–H and O–H groups in total. The Morgan fingerprint density at radius 1 is 0.481 bits per heavy atom. The van der Waals surface area contributed by atoms with E-state index in [1.165, 1.54) is 0 Å². The lowest BCUT2D eigenvalue weighted by Crippen LogP contribution is -2.65. The van der Waals surface area contributed by atoms with Gasteiger partial charge in [0.25, 0.3) is 0 Å². The molecule has 0 aromatic rings. The van der Waals surface area contributed by atoms with Gasteiger partial charge in [-0.05, 0) is 85.5 Å². The van der Waals surface area contributed by atoms with E-state index in [2.05, 4.69) is 85.5 Å². The number of hydrogen-bond donors (Lipinski definition) is 0. The standard InChI is InChI=1S/C18H44O5Si4/c1-14-15(20-24(2,3)4)16(21-25(5,6)7)17(22-26(8,9)10)18(19-14)23-27(11,12)13/h14-18H,1-13H3/t14-,15-,16+,17+,18-/m1/s1. The predicted octanol–water partition coefficient (Wildman–Crippen LogP) is 5.24. The Balaban J connectivity index is 3.32. The van der Waals surface area contributed by atoms with Gasteiger partial charge >= 0.3 is 0 Å². The third kappa shape index (κ3) is 9.81. The summed E-state index contributed by atoms with van der Waals surface area (Å²) in [5.41, 5.74) is 0. The molecule has 162 valence electrons. The molecular weight excluding hydrogens is 409 g/mol. The molecule has 1 fully saturated rings. The Kier molecular flexibility index (Phi) is 8.38. The summed E-state index contributed by atoms with van der Waals surface area (Å²) in [6.45, 7) is 28.6. The third-order valence-electron chi connectivity index (χ3n) is 3.67. The average Bonchev–Trinajstić information content (AvgIpc) is 2.32. The van der Waals surface area contributed by atoms with Crippen LogP contribution in [-0.2, 0) is 22.4 Å². The number of ether oxygens (including phenoxy) is 1. The summed E-state index contributed by atoms with van der Waals surface area (Å²) in [4.78, 5) is 0. The van der Waals surface area contributed by atoms with Crippen molar-refractivity contribution in [1.82, 2.24) is 0 Å². The van der Waals surface area contributed by atoms with Gasteiger partial charge in [-0.15, -0.1) is 0 Å². The Hall–Kier alpha value is 0.668. The Morgan fingerprint density at radius 2 is 0.815 bits per heavy atom. The van der Waals surface area contributed by atoms with Crippen LogP contribution < -0.4 is 0 Å². The molecule has 1 rings (SSSR count). The van der Waals surface area contributed by atoms with Crippen molar-refractivity contribution in [1.29, 1.82) is 0 Å². The van der Waals surface area contributed by atoms with Crippen molar-refractivity contribution in [2.45, 2.75) is 116 Å². The minimum Gasteiger partial charge on any atom is -0.409 e. The van der Waals surface area contributed by atoms with Crippen molar-refractivity contribution in [2.75, 3.05) is 0 Å². The first kappa shape index (κ1) is 25.7. The van der Waals surface area contributed by atoms with Gasteiger partial charge in [0.05, 0.1) is 12.2 Å². The molecule has 0 aromatic heterocycles. The topological polar surface area (TPSA) is 46.2 Å². The van der Waals surface area contributed by atoms with E-state index in [1.807, 2.05) is 0 Å². The van der Waals surface area contributed by atoms with Gasteiger partial charge in [0.15, 0.2) is 39.6 Å².